The summed E-state index contributed by atoms with van der Waals surface area (Å²) in [5, 5.41) is 15.6. The first-order valence-corrected chi connectivity index (χ1v) is 12.2. The van der Waals surface area contributed by atoms with E-state index in [2.05, 4.69) is 20.4 Å². The Labute approximate surface area is 211 Å². The van der Waals surface area contributed by atoms with Gasteiger partial charge >= 0.3 is 18.2 Å². The monoisotopic (exact) mass is 519 g/mol. The van der Waals surface area contributed by atoms with Gasteiger partial charge in [0.2, 0.25) is 11.7 Å². The smallest absolute Gasteiger partial charge is 0.475 e. The van der Waals surface area contributed by atoms with Gasteiger partial charge in [0, 0.05) is 42.2 Å². The van der Waals surface area contributed by atoms with E-state index in [9.17, 15) is 18.0 Å². The number of benzene rings is 1. The van der Waals surface area contributed by atoms with Crippen LogP contribution in [0.15, 0.2) is 41.1 Å². The number of rotatable bonds is 3. The molecule has 2 N–H and O–H groups in total. The van der Waals surface area contributed by atoms with Crippen LogP contribution in [0.2, 0.25) is 0 Å². The van der Waals surface area contributed by atoms with Gasteiger partial charge in [-0.3, -0.25) is 4.98 Å². The summed E-state index contributed by atoms with van der Waals surface area (Å²) in [6.07, 6.45) is 4.34. The van der Waals surface area contributed by atoms with E-state index in [0.717, 1.165) is 55.2 Å². The number of carboxylic acids is 1. The average molecular weight is 520 g/mol. The van der Waals surface area contributed by atoms with E-state index < -0.39 is 12.1 Å². The Kier molecular flexibility index (Phi) is 8.24. The fourth-order valence-electron chi connectivity index (χ4n) is 4.55. The quantitative estimate of drug-likeness (QED) is 0.491. The first-order chi connectivity index (χ1) is 17.7. The molecule has 2 amide bonds. The maximum atomic E-state index is 12.6. The molecular formula is C25H28F3N5O4. The molecule has 1 saturated carbocycles. The Bertz CT molecular complexity index is 1220. The minimum absolute atomic E-state index is 0.0776. The molecule has 0 spiro atoms. The summed E-state index contributed by atoms with van der Waals surface area (Å²) in [5.41, 5.74) is 1.80. The fourth-order valence-corrected chi connectivity index (χ4v) is 4.55. The summed E-state index contributed by atoms with van der Waals surface area (Å²) in [6, 6.07) is 10.4. The molecule has 0 atom stereocenters. The second kappa shape index (κ2) is 11.6. The van der Waals surface area contributed by atoms with Crippen molar-refractivity contribution in [1.82, 2.24) is 25.3 Å². The predicted octanol–water partition coefficient (Wildman–Crippen LogP) is 5.14. The zero-order chi connectivity index (χ0) is 26.4. The highest BCUT2D eigenvalue weighted by molar-refractivity contribution is 5.82. The zero-order valence-electron chi connectivity index (χ0n) is 20.1. The summed E-state index contributed by atoms with van der Waals surface area (Å²) in [7, 11) is 0. The van der Waals surface area contributed by atoms with E-state index in [1.165, 1.54) is 19.3 Å². The minimum atomic E-state index is -5.08. The van der Waals surface area contributed by atoms with Crippen LogP contribution in [0.5, 0.6) is 0 Å². The number of alkyl halides is 3. The number of hydrogen-bond acceptors (Lipinski definition) is 6. The van der Waals surface area contributed by atoms with Crippen molar-refractivity contribution in [3.8, 4) is 11.4 Å². The number of piperidine rings is 1. The lowest BCUT2D eigenvalue weighted by Gasteiger charge is -2.32. The molecule has 1 aromatic carbocycles. The third-order valence-corrected chi connectivity index (χ3v) is 6.60. The Morgan fingerprint density at radius 3 is 2.41 bits per heavy atom. The number of nitrogens with zero attached hydrogens (tertiary/aromatic N) is 4. The van der Waals surface area contributed by atoms with Crippen molar-refractivity contribution >= 4 is 22.9 Å². The Hall–Kier alpha value is -3.70. The number of carboxylic acid groups (broad SMARTS) is 1. The van der Waals surface area contributed by atoms with E-state index in [1.807, 2.05) is 35.2 Å². The van der Waals surface area contributed by atoms with Crippen LogP contribution in [-0.2, 0) is 4.79 Å². The highest BCUT2D eigenvalue weighted by Gasteiger charge is 2.38. The molecule has 12 heteroatoms. The SMILES string of the molecule is O=C(NC1CCCCC1)N1CCC(c2nc(-c3cnc4ccccc4c3)no2)CC1.O=C(O)C(F)(F)F. The maximum absolute atomic E-state index is 12.6. The molecule has 3 aromatic rings. The van der Waals surface area contributed by atoms with Crippen LogP contribution in [0.25, 0.3) is 22.3 Å². The molecule has 0 radical (unpaired) electrons. The largest absolute Gasteiger partial charge is 0.490 e. The second-order valence-electron chi connectivity index (χ2n) is 9.22. The third-order valence-electron chi connectivity index (χ3n) is 6.60. The fraction of sp³-hybridized carbons (Fsp3) is 0.480. The van der Waals surface area contributed by atoms with Gasteiger partial charge in [-0.25, -0.2) is 9.59 Å². The molecule has 9 nitrogen and oxygen atoms in total. The number of pyridine rings is 1. The van der Waals surface area contributed by atoms with Gasteiger partial charge in [-0.15, -0.1) is 0 Å². The number of carbonyl (C=O) groups is 2. The second-order valence-corrected chi connectivity index (χ2v) is 9.22. The summed E-state index contributed by atoms with van der Waals surface area (Å²) < 4.78 is 37.3. The summed E-state index contributed by atoms with van der Waals surface area (Å²) in [5.74, 6) is -1.34. The molecule has 2 aliphatic rings. The first-order valence-electron chi connectivity index (χ1n) is 12.2. The molecular weight excluding hydrogens is 491 g/mol. The lowest BCUT2D eigenvalue weighted by atomic mass is 9.95. The Balaban J connectivity index is 0.000000405. The average Bonchev–Trinajstić information content (AvgIpc) is 3.39. The highest BCUT2D eigenvalue weighted by Crippen LogP contribution is 2.29. The minimum Gasteiger partial charge on any atom is -0.475 e. The van der Waals surface area contributed by atoms with Crippen molar-refractivity contribution < 1.29 is 32.4 Å². The number of carbonyl (C=O) groups excluding carboxylic acids is 1. The zero-order valence-corrected chi connectivity index (χ0v) is 20.1. The number of urea groups is 1. The highest BCUT2D eigenvalue weighted by atomic mass is 19.4. The number of halogens is 3. The molecule has 2 fully saturated rings. The maximum Gasteiger partial charge on any atom is 0.490 e. The van der Waals surface area contributed by atoms with Crippen LogP contribution >= 0.6 is 0 Å². The standard InChI is InChI=1S/C23H27N5O2.C2HF3O2/c29-23(25-19-7-2-1-3-8-19)28-12-10-16(11-13-28)22-26-21(27-30-22)18-14-17-6-4-5-9-20(17)24-15-18;3-2(4,5)1(6)7/h4-6,9,14-16,19H,1-3,7-8,10-13H2,(H,25,29);(H,6,7). The molecule has 0 unspecified atom stereocenters. The number of aromatic nitrogens is 3. The topological polar surface area (TPSA) is 121 Å². The summed E-state index contributed by atoms with van der Waals surface area (Å²) in [4.78, 5) is 32.5. The van der Waals surface area contributed by atoms with Crippen LogP contribution in [0, 0.1) is 0 Å². The predicted molar refractivity (Wildman–Crippen MR) is 128 cm³/mol. The van der Waals surface area contributed by atoms with E-state index in [0.29, 0.717) is 17.8 Å². The van der Waals surface area contributed by atoms with Gasteiger partial charge in [0.25, 0.3) is 0 Å². The van der Waals surface area contributed by atoms with E-state index in [4.69, 9.17) is 14.4 Å². The summed E-state index contributed by atoms with van der Waals surface area (Å²) in [6.45, 7) is 1.44. The first kappa shape index (κ1) is 26.4. The van der Waals surface area contributed by atoms with Crippen molar-refractivity contribution in [3.63, 3.8) is 0 Å². The number of hydrogen-bond donors (Lipinski definition) is 2. The van der Waals surface area contributed by atoms with Crippen molar-refractivity contribution in [3.05, 3.63) is 42.4 Å². The number of likely N-dealkylation sites (tertiary alicyclic amines) is 1. The van der Waals surface area contributed by atoms with Crippen LogP contribution in [0.3, 0.4) is 0 Å². The van der Waals surface area contributed by atoms with E-state index in [-0.39, 0.29) is 11.9 Å². The van der Waals surface area contributed by atoms with Crippen LogP contribution < -0.4 is 5.32 Å². The molecule has 37 heavy (non-hydrogen) atoms. The van der Waals surface area contributed by atoms with Gasteiger partial charge in [0.15, 0.2) is 0 Å². The van der Waals surface area contributed by atoms with Crippen LogP contribution in [-0.4, -0.2) is 62.4 Å². The molecule has 198 valence electrons. The van der Waals surface area contributed by atoms with E-state index >= 15 is 0 Å². The van der Waals surface area contributed by atoms with Crippen LogP contribution in [0.4, 0.5) is 18.0 Å². The molecule has 1 aliphatic carbocycles. The van der Waals surface area contributed by atoms with Gasteiger partial charge in [-0.1, -0.05) is 42.6 Å². The van der Waals surface area contributed by atoms with Gasteiger partial charge in [0.1, 0.15) is 0 Å². The Morgan fingerprint density at radius 1 is 1.05 bits per heavy atom. The lowest BCUT2D eigenvalue weighted by Crippen LogP contribution is -2.48. The number of para-hydroxylation sites is 1. The third kappa shape index (κ3) is 6.95. The lowest BCUT2D eigenvalue weighted by molar-refractivity contribution is -0.192. The molecule has 5 rings (SSSR count). The Morgan fingerprint density at radius 2 is 1.73 bits per heavy atom. The van der Waals surface area contributed by atoms with E-state index in [1.54, 1.807) is 6.20 Å². The number of aliphatic carboxylic acids is 1. The number of amides is 2. The number of fused-ring (bicyclic) bond motifs is 1. The number of nitrogens with one attached hydrogen (secondary N) is 1. The van der Waals surface area contributed by atoms with Crippen molar-refractivity contribution in [2.24, 2.45) is 0 Å². The summed E-state index contributed by atoms with van der Waals surface area (Å²) >= 11 is 0. The molecule has 0 bridgehead atoms. The van der Waals surface area contributed by atoms with Gasteiger partial charge in [0.05, 0.1) is 5.52 Å². The molecule has 1 aliphatic heterocycles. The van der Waals surface area contributed by atoms with Gasteiger partial charge < -0.3 is 19.8 Å². The van der Waals surface area contributed by atoms with Crippen LogP contribution in [0.1, 0.15) is 56.8 Å². The van der Waals surface area contributed by atoms with Crippen molar-refractivity contribution in [2.75, 3.05) is 13.1 Å². The van der Waals surface area contributed by atoms with Crippen molar-refractivity contribution in [1.29, 1.82) is 0 Å². The molecule has 3 heterocycles. The van der Waals surface area contributed by atoms with Gasteiger partial charge in [-0.05, 0) is 37.8 Å². The van der Waals surface area contributed by atoms with Gasteiger partial charge in [-0.2, -0.15) is 18.2 Å². The van der Waals surface area contributed by atoms with Crippen molar-refractivity contribution in [2.45, 2.75) is 63.1 Å². The molecule has 1 saturated heterocycles. The normalized spacial score (nSPS) is 17.2. The molecule has 2 aromatic heterocycles.